The number of nitrogens with one attached hydrogen (secondary N) is 2. The number of hydrazone groups is 1. The zero-order valence-corrected chi connectivity index (χ0v) is 14.2. The van der Waals surface area contributed by atoms with Crippen LogP contribution in [0.15, 0.2) is 58.1 Å². The highest BCUT2D eigenvalue weighted by Gasteiger charge is 2.15. The van der Waals surface area contributed by atoms with Gasteiger partial charge in [0.2, 0.25) is 0 Å². The molecule has 1 amide bonds. The number of hydrogen-bond donors (Lipinski definition) is 2. The Balaban J connectivity index is 1.95. The maximum Gasteiger partial charge on any atom is 0.262 e. The van der Waals surface area contributed by atoms with Crippen LogP contribution in [0.1, 0.15) is 18.9 Å². The number of rotatable bonds is 6. The van der Waals surface area contributed by atoms with Gasteiger partial charge in [0.05, 0.1) is 6.21 Å². The number of carbonyl (C=O) groups is 1. The summed E-state index contributed by atoms with van der Waals surface area (Å²) in [7, 11) is 0. The van der Waals surface area contributed by atoms with Crippen molar-refractivity contribution in [2.45, 2.75) is 19.4 Å². The highest BCUT2D eigenvalue weighted by Crippen LogP contribution is 2.15. The lowest BCUT2D eigenvalue weighted by molar-refractivity contribution is -0.121. The van der Waals surface area contributed by atoms with Gasteiger partial charge < -0.3 is 5.32 Å². The van der Waals surface area contributed by atoms with Crippen LogP contribution in [0.3, 0.4) is 0 Å². The molecule has 0 aliphatic rings. The molecule has 0 spiro atoms. The second-order valence-corrected chi connectivity index (χ2v) is 5.78. The average Bonchev–Trinajstić information content (AvgIpc) is 2.56. The van der Waals surface area contributed by atoms with Crippen LogP contribution in [0, 0.1) is 5.82 Å². The van der Waals surface area contributed by atoms with E-state index < -0.39 is 6.04 Å². The molecule has 2 aromatic carbocycles. The van der Waals surface area contributed by atoms with Crippen molar-refractivity contribution in [2.75, 3.05) is 5.32 Å². The molecule has 0 radical (unpaired) electrons. The molecule has 0 bridgehead atoms. The molecule has 2 aromatic rings. The molecule has 0 aromatic heterocycles. The Morgan fingerprint density at radius 3 is 2.61 bits per heavy atom. The van der Waals surface area contributed by atoms with Gasteiger partial charge in [0, 0.05) is 15.7 Å². The fourth-order valence-corrected chi connectivity index (χ4v) is 2.19. The molecule has 120 valence electrons. The second-order valence-electron chi connectivity index (χ2n) is 4.87. The van der Waals surface area contributed by atoms with E-state index in [1.54, 1.807) is 18.2 Å². The molecule has 2 rings (SSSR count). The van der Waals surface area contributed by atoms with E-state index in [1.807, 2.05) is 31.2 Å². The zero-order valence-electron chi connectivity index (χ0n) is 12.6. The van der Waals surface area contributed by atoms with Crippen LogP contribution < -0.4 is 10.7 Å². The smallest absolute Gasteiger partial charge is 0.262 e. The van der Waals surface area contributed by atoms with E-state index in [-0.39, 0.29) is 11.7 Å². The van der Waals surface area contributed by atoms with E-state index in [0.29, 0.717) is 12.0 Å². The summed E-state index contributed by atoms with van der Waals surface area (Å²) in [6, 6.07) is 13.3. The fourth-order valence-electron chi connectivity index (χ4n) is 1.92. The number of anilines is 1. The Kier molecular flexibility index (Phi) is 6.29. The first kappa shape index (κ1) is 17.1. The zero-order chi connectivity index (χ0) is 16.7. The van der Waals surface area contributed by atoms with Crippen LogP contribution in [0.4, 0.5) is 10.1 Å². The molecule has 4 nitrogen and oxygen atoms in total. The number of nitrogens with zero attached hydrogens (tertiary/aromatic N) is 1. The molecule has 23 heavy (non-hydrogen) atoms. The van der Waals surface area contributed by atoms with Gasteiger partial charge in [-0.25, -0.2) is 9.82 Å². The van der Waals surface area contributed by atoms with Crippen molar-refractivity contribution in [3.05, 3.63) is 64.4 Å². The molecule has 6 heteroatoms. The molecule has 0 aliphatic carbocycles. The summed E-state index contributed by atoms with van der Waals surface area (Å²) in [6.07, 6.45) is 1.89. The minimum absolute atomic E-state index is 0.275. The summed E-state index contributed by atoms with van der Waals surface area (Å²) in [5.74, 6) is -0.659. The molecule has 1 unspecified atom stereocenters. The van der Waals surface area contributed by atoms with Crippen LogP contribution >= 0.6 is 15.9 Å². The van der Waals surface area contributed by atoms with E-state index in [4.69, 9.17) is 0 Å². The lowest BCUT2D eigenvalue weighted by Gasteiger charge is -2.16. The van der Waals surface area contributed by atoms with Crippen LogP contribution in [0.5, 0.6) is 0 Å². The predicted octanol–water partition coefficient (Wildman–Crippen LogP) is 3.93. The van der Waals surface area contributed by atoms with Crippen LogP contribution in [0.2, 0.25) is 0 Å². The Bertz CT molecular complexity index is 688. The molecule has 0 saturated heterocycles. The number of amides is 1. The van der Waals surface area contributed by atoms with Gasteiger partial charge >= 0.3 is 0 Å². The maximum absolute atomic E-state index is 13.4. The summed E-state index contributed by atoms with van der Waals surface area (Å²) in [5, 5.41) is 6.95. The van der Waals surface area contributed by atoms with E-state index in [9.17, 15) is 9.18 Å². The SMILES string of the molecule is CCC(Nc1ccc(Br)cc1)C(=O)N/N=C/c1ccccc1F. The minimum atomic E-state index is -0.422. The molecule has 0 aliphatic heterocycles. The largest absolute Gasteiger partial charge is 0.374 e. The molecule has 0 heterocycles. The summed E-state index contributed by atoms with van der Waals surface area (Å²) in [6.45, 7) is 1.90. The van der Waals surface area contributed by atoms with E-state index in [2.05, 4.69) is 31.8 Å². The lowest BCUT2D eigenvalue weighted by Crippen LogP contribution is -2.36. The van der Waals surface area contributed by atoms with Crippen LogP contribution in [-0.4, -0.2) is 18.2 Å². The van der Waals surface area contributed by atoms with E-state index in [0.717, 1.165) is 10.2 Å². The fraction of sp³-hybridized carbons (Fsp3) is 0.176. The summed E-state index contributed by atoms with van der Waals surface area (Å²) < 4.78 is 14.4. The summed E-state index contributed by atoms with van der Waals surface area (Å²) >= 11 is 3.36. The summed E-state index contributed by atoms with van der Waals surface area (Å²) in [5.41, 5.74) is 3.60. The Labute approximate surface area is 142 Å². The second kappa shape index (κ2) is 8.43. The van der Waals surface area contributed by atoms with Gasteiger partial charge in [-0.15, -0.1) is 0 Å². The van der Waals surface area contributed by atoms with E-state index >= 15 is 0 Å². The Hall–Kier alpha value is -2.21. The Morgan fingerprint density at radius 2 is 1.96 bits per heavy atom. The van der Waals surface area contributed by atoms with Crippen molar-refractivity contribution in [1.29, 1.82) is 0 Å². The van der Waals surface area contributed by atoms with Crippen molar-refractivity contribution in [1.82, 2.24) is 5.43 Å². The summed E-state index contributed by atoms with van der Waals surface area (Å²) in [4.78, 5) is 12.1. The molecular formula is C17H17BrFN3O. The topological polar surface area (TPSA) is 53.5 Å². The standard InChI is InChI=1S/C17H17BrFN3O/c1-2-16(21-14-9-7-13(18)8-10-14)17(23)22-20-11-12-5-3-4-6-15(12)19/h3-11,16,21H,2H2,1H3,(H,22,23)/b20-11+. The molecule has 0 saturated carbocycles. The Morgan fingerprint density at radius 1 is 1.26 bits per heavy atom. The van der Waals surface area contributed by atoms with E-state index in [1.165, 1.54) is 12.3 Å². The van der Waals surface area contributed by atoms with Gasteiger partial charge in [-0.1, -0.05) is 41.1 Å². The van der Waals surface area contributed by atoms with Gasteiger partial charge in [0.25, 0.3) is 5.91 Å². The quantitative estimate of drug-likeness (QED) is 0.591. The minimum Gasteiger partial charge on any atom is -0.374 e. The maximum atomic E-state index is 13.4. The van der Waals surface area contributed by atoms with Crippen molar-refractivity contribution >= 4 is 33.7 Å². The lowest BCUT2D eigenvalue weighted by atomic mass is 10.2. The average molecular weight is 378 g/mol. The van der Waals surface area contributed by atoms with Gasteiger partial charge in [-0.05, 0) is 36.8 Å². The number of benzene rings is 2. The van der Waals surface area contributed by atoms with Gasteiger partial charge in [0.1, 0.15) is 11.9 Å². The highest BCUT2D eigenvalue weighted by molar-refractivity contribution is 9.10. The van der Waals surface area contributed by atoms with Crippen molar-refractivity contribution in [2.24, 2.45) is 5.10 Å². The number of carbonyl (C=O) groups excluding carboxylic acids is 1. The van der Waals surface area contributed by atoms with Crippen molar-refractivity contribution in [3.8, 4) is 0 Å². The number of hydrogen-bond acceptors (Lipinski definition) is 3. The van der Waals surface area contributed by atoms with Crippen LogP contribution in [-0.2, 0) is 4.79 Å². The third-order valence-electron chi connectivity index (χ3n) is 3.19. The third-order valence-corrected chi connectivity index (χ3v) is 3.72. The van der Waals surface area contributed by atoms with Crippen LogP contribution in [0.25, 0.3) is 0 Å². The van der Waals surface area contributed by atoms with Gasteiger partial charge in [0.15, 0.2) is 0 Å². The number of halogens is 2. The highest BCUT2D eigenvalue weighted by atomic mass is 79.9. The molecule has 2 N–H and O–H groups in total. The van der Waals surface area contributed by atoms with Gasteiger partial charge in [-0.2, -0.15) is 5.10 Å². The normalized spacial score (nSPS) is 12.1. The molecule has 0 fully saturated rings. The first-order valence-electron chi connectivity index (χ1n) is 7.19. The molecule has 1 atom stereocenters. The monoisotopic (exact) mass is 377 g/mol. The van der Waals surface area contributed by atoms with Crippen molar-refractivity contribution in [3.63, 3.8) is 0 Å². The first-order valence-corrected chi connectivity index (χ1v) is 7.99. The third kappa shape index (κ3) is 5.17. The predicted molar refractivity (Wildman–Crippen MR) is 94.0 cm³/mol. The van der Waals surface area contributed by atoms with Gasteiger partial charge in [-0.3, -0.25) is 4.79 Å². The molecular weight excluding hydrogens is 361 g/mol. The first-order chi connectivity index (χ1) is 11.1. The van der Waals surface area contributed by atoms with Crippen molar-refractivity contribution < 1.29 is 9.18 Å².